The van der Waals surface area contributed by atoms with Crippen LogP contribution >= 0.6 is 11.5 Å². The molecule has 152 valence electrons. The standard InChI is InChI=1S/C21H18F3NO3S/c1-12-2-5-14(6-3-12)20-15(18(10-22)29-25-20)11-28-21-16(23)8-13(9-17(21)24)4-7-19(26)27/h2-3,5-6,8-9H,4,7,10-11H2,1H3,(H,26,27). The smallest absolute Gasteiger partial charge is 0.303 e. The molecule has 1 heterocycles. The summed E-state index contributed by atoms with van der Waals surface area (Å²) in [4.78, 5) is 11.0. The Kier molecular flexibility index (Phi) is 6.53. The second-order valence-electron chi connectivity index (χ2n) is 6.50. The summed E-state index contributed by atoms with van der Waals surface area (Å²) in [5.41, 5.74) is 2.99. The summed E-state index contributed by atoms with van der Waals surface area (Å²) in [6, 6.07) is 9.56. The predicted octanol–water partition coefficient (Wildman–Crippen LogP) is 5.46. The van der Waals surface area contributed by atoms with E-state index >= 15 is 0 Å². The van der Waals surface area contributed by atoms with Crippen LogP contribution in [0.25, 0.3) is 11.3 Å². The number of hydrogen-bond acceptors (Lipinski definition) is 4. The molecule has 0 aliphatic heterocycles. The average molecular weight is 421 g/mol. The van der Waals surface area contributed by atoms with Gasteiger partial charge < -0.3 is 9.84 Å². The number of alkyl halides is 1. The lowest BCUT2D eigenvalue weighted by Crippen LogP contribution is -2.04. The molecule has 0 aliphatic rings. The molecule has 3 aromatic rings. The molecule has 0 amide bonds. The maximum absolute atomic E-state index is 14.3. The lowest BCUT2D eigenvalue weighted by Gasteiger charge is -2.11. The van der Waals surface area contributed by atoms with E-state index in [9.17, 15) is 18.0 Å². The number of aliphatic carboxylic acids is 1. The Bertz CT molecular complexity index is 996. The van der Waals surface area contributed by atoms with Gasteiger partial charge in [-0.3, -0.25) is 4.79 Å². The van der Waals surface area contributed by atoms with Gasteiger partial charge in [-0.05, 0) is 42.6 Å². The highest BCUT2D eigenvalue weighted by atomic mass is 32.1. The Morgan fingerprint density at radius 1 is 1.17 bits per heavy atom. The first-order valence-corrected chi connectivity index (χ1v) is 9.59. The molecule has 29 heavy (non-hydrogen) atoms. The largest absolute Gasteiger partial charge is 0.483 e. The van der Waals surface area contributed by atoms with Gasteiger partial charge in [0.2, 0.25) is 0 Å². The van der Waals surface area contributed by atoms with Crippen molar-refractivity contribution in [2.24, 2.45) is 0 Å². The van der Waals surface area contributed by atoms with E-state index in [0.717, 1.165) is 34.8 Å². The Morgan fingerprint density at radius 3 is 2.41 bits per heavy atom. The summed E-state index contributed by atoms with van der Waals surface area (Å²) in [6.07, 6.45) is -0.235. The molecule has 0 atom stereocenters. The van der Waals surface area contributed by atoms with Gasteiger partial charge in [-0.2, -0.15) is 4.37 Å². The molecule has 8 heteroatoms. The van der Waals surface area contributed by atoms with Crippen LogP contribution in [0.3, 0.4) is 0 Å². The number of rotatable bonds is 8. The second kappa shape index (κ2) is 9.09. The summed E-state index contributed by atoms with van der Waals surface area (Å²) in [5.74, 6) is -3.52. The SMILES string of the molecule is Cc1ccc(-c2nsc(CF)c2COc2c(F)cc(CCC(=O)O)cc2F)cc1. The molecule has 3 rings (SSSR count). The van der Waals surface area contributed by atoms with Crippen LogP contribution < -0.4 is 4.74 Å². The van der Waals surface area contributed by atoms with E-state index in [2.05, 4.69) is 4.37 Å². The summed E-state index contributed by atoms with van der Waals surface area (Å²) in [7, 11) is 0. The third-order valence-electron chi connectivity index (χ3n) is 4.36. The van der Waals surface area contributed by atoms with Gasteiger partial charge in [0, 0.05) is 17.5 Å². The number of halogens is 3. The maximum Gasteiger partial charge on any atom is 0.303 e. The number of aromatic nitrogens is 1. The third-order valence-corrected chi connectivity index (χ3v) is 5.21. The minimum absolute atomic E-state index is 0.00146. The molecule has 0 fully saturated rings. The van der Waals surface area contributed by atoms with Crippen molar-refractivity contribution in [2.45, 2.75) is 33.0 Å². The fraction of sp³-hybridized carbons (Fsp3) is 0.238. The number of carbonyl (C=O) groups is 1. The van der Waals surface area contributed by atoms with Crippen LogP contribution in [0.15, 0.2) is 36.4 Å². The minimum Gasteiger partial charge on any atom is -0.483 e. The van der Waals surface area contributed by atoms with Gasteiger partial charge in [0.15, 0.2) is 17.4 Å². The fourth-order valence-electron chi connectivity index (χ4n) is 2.83. The molecule has 1 N–H and O–H groups in total. The van der Waals surface area contributed by atoms with E-state index in [4.69, 9.17) is 9.84 Å². The number of aryl methyl sites for hydroxylation is 2. The average Bonchev–Trinajstić information content (AvgIpc) is 3.09. The van der Waals surface area contributed by atoms with E-state index < -0.39 is 30.0 Å². The van der Waals surface area contributed by atoms with Gasteiger partial charge in [0.1, 0.15) is 13.3 Å². The molecule has 0 aliphatic carbocycles. The molecular weight excluding hydrogens is 403 g/mol. The number of nitrogens with zero attached hydrogens (tertiary/aromatic N) is 1. The van der Waals surface area contributed by atoms with Gasteiger partial charge in [-0.25, -0.2) is 13.2 Å². The number of carboxylic acids is 1. The maximum atomic E-state index is 14.3. The molecule has 4 nitrogen and oxygen atoms in total. The molecular formula is C21H18F3NO3S. The van der Waals surface area contributed by atoms with Crippen LogP contribution in [0.2, 0.25) is 0 Å². The van der Waals surface area contributed by atoms with Gasteiger partial charge in [0.05, 0.1) is 10.6 Å². The van der Waals surface area contributed by atoms with E-state index in [0.29, 0.717) is 16.1 Å². The first-order chi connectivity index (χ1) is 13.9. The number of carboxylic acid groups (broad SMARTS) is 1. The molecule has 0 saturated heterocycles. The molecule has 1 aromatic heterocycles. The summed E-state index contributed by atoms with van der Waals surface area (Å²) in [6.45, 7) is 0.927. The second-order valence-corrected chi connectivity index (χ2v) is 7.36. The highest BCUT2D eigenvalue weighted by Crippen LogP contribution is 2.32. The van der Waals surface area contributed by atoms with Crippen LogP contribution in [0.4, 0.5) is 13.2 Å². The lowest BCUT2D eigenvalue weighted by atomic mass is 10.1. The lowest BCUT2D eigenvalue weighted by molar-refractivity contribution is -0.136. The summed E-state index contributed by atoms with van der Waals surface area (Å²) in [5, 5.41) is 8.69. The van der Waals surface area contributed by atoms with E-state index in [-0.39, 0.29) is 25.0 Å². The van der Waals surface area contributed by atoms with Crippen molar-refractivity contribution < 1.29 is 27.8 Å². The predicted molar refractivity (Wildman–Crippen MR) is 104 cm³/mol. The Morgan fingerprint density at radius 2 is 1.83 bits per heavy atom. The highest BCUT2D eigenvalue weighted by molar-refractivity contribution is 7.06. The zero-order valence-corrected chi connectivity index (χ0v) is 16.4. The molecule has 2 aromatic carbocycles. The van der Waals surface area contributed by atoms with Crippen molar-refractivity contribution in [1.29, 1.82) is 0 Å². The Hall–Kier alpha value is -2.87. The number of benzene rings is 2. The molecule has 0 radical (unpaired) electrons. The minimum atomic E-state index is -1.06. The van der Waals surface area contributed by atoms with Gasteiger partial charge >= 0.3 is 5.97 Å². The van der Waals surface area contributed by atoms with Crippen LogP contribution in [-0.4, -0.2) is 15.4 Å². The van der Waals surface area contributed by atoms with Crippen LogP contribution in [0.1, 0.15) is 28.0 Å². The van der Waals surface area contributed by atoms with Crippen LogP contribution in [0, 0.1) is 18.6 Å². The van der Waals surface area contributed by atoms with Crippen molar-refractivity contribution in [3.05, 3.63) is 69.6 Å². The molecule has 0 saturated carbocycles. The van der Waals surface area contributed by atoms with Crippen LogP contribution in [-0.2, 0) is 24.5 Å². The topological polar surface area (TPSA) is 59.4 Å². The normalized spacial score (nSPS) is 10.9. The van der Waals surface area contributed by atoms with Crippen LogP contribution in [0.5, 0.6) is 5.75 Å². The molecule has 0 spiro atoms. The Balaban J connectivity index is 1.83. The zero-order chi connectivity index (χ0) is 21.0. The summed E-state index contributed by atoms with van der Waals surface area (Å²) < 4.78 is 51.6. The van der Waals surface area contributed by atoms with E-state index in [1.54, 1.807) is 0 Å². The van der Waals surface area contributed by atoms with Gasteiger partial charge in [0.25, 0.3) is 0 Å². The number of hydrogen-bond donors (Lipinski definition) is 1. The van der Waals surface area contributed by atoms with Crippen molar-refractivity contribution in [3.63, 3.8) is 0 Å². The summed E-state index contributed by atoms with van der Waals surface area (Å²) >= 11 is 0.982. The van der Waals surface area contributed by atoms with E-state index in [1.165, 1.54) is 0 Å². The number of ether oxygens (including phenoxy) is 1. The highest BCUT2D eigenvalue weighted by Gasteiger charge is 2.19. The first-order valence-electron chi connectivity index (χ1n) is 8.82. The van der Waals surface area contributed by atoms with Gasteiger partial charge in [-0.1, -0.05) is 29.8 Å². The van der Waals surface area contributed by atoms with Crippen molar-refractivity contribution in [2.75, 3.05) is 0 Å². The monoisotopic (exact) mass is 421 g/mol. The van der Waals surface area contributed by atoms with Crippen molar-refractivity contribution in [1.82, 2.24) is 4.37 Å². The first kappa shape index (κ1) is 20.9. The Labute approximate surface area is 169 Å². The molecule has 0 bridgehead atoms. The van der Waals surface area contributed by atoms with Crippen molar-refractivity contribution >= 4 is 17.5 Å². The molecule has 0 unspecified atom stereocenters. The van der Waals surface area contributed by atoms with E-state index in [1.807, 2.05) is 31.2 Å². The van der Waals surface area contributed by atoms with Gasteiger partial charge in [-0.15, -0.1) is 0 Å². The zero-order valence-electron chi connectivity index (χ0n) is 15.5. The quantitative estimate of drug-likeness (QED) is 0.525. The fourth-order valence-corrected chi connectivity index (χ4v) is 3.56. The van der Waals surface area contributed by atoms with Crippen molar-refractivity contribution in [3.8, 4) is 17.0 Å². The third kappa shape index (κ3) is 4.95.